The van der Waals surface area contributed by atoms with Gasteiger partial charge in [0, 0.05) is 19.1 Å². The van der Waals surface area contributed by atoms with Crippen molar-refractivity contribution in [2.24, 2.45) is 5.92 Å². The molecule has 1 aromatic carbocycles. The molecule has 19 heavy (non-hydrogen) atoms. The van der Waals surface area contributed by atoms with Crippen LogP contribution in [0.3, 0.4) is 0 Å². The highest BCUT2D eigenvalue weighted by molar-refractivity contribution is 7.89. The lowest BCUT2D eigenvalue weighted by Gasteiger charge is -2.16. The minimum absolute atomic E-state index is 0.0305. The number of rotatable bonds is 4. The molecule has 1 aliphatic heterocycles. The van der Waals surface area contributed by atoms with E-state index in [9.17, 15) is 8.42 Å². The molecule has 0 bridgehead atoms. The minimum atomic E-state index is -3.46. The van der Waals surface area contributed by atoms with Gasteiger partial charge in [-0.25, -0.2) is 13.1 Å². The van der Waals surface area contributed by atoms with Crippen LogP contribution in [0.25, 0.3) is 0 Å². The third kappa shape index (κ3) is 3.26. The highest BCUT2D eigenvalue weighted by Crippen LogP contribution is 2.19. The Balaban J connectivity index is 2.13. The van der Waals surface area contributed by atoms with Crippen molar-refractivity contribution in [1.82, 2.24) is 9.62 Å². The molecule has 1 aromatic rings. The van der Waals surface area contributed by atoms with E-state index in [1.54, 1.807) is 31.4 Å². The van der Waals surface area contributed by atoms with Crippen LogP contribution in [0, 0.1) is 5.92 Å². The van der Waals surface area contributed by atoms with Crippen LogP contribution in [0.5, 0.6) is 5.75 Å². The van der Waals surface area contributed by atoms with Crippen LogP contribution in [-0.4, -0.2) is 46.6 Å². The number of hydrogen-bond donors (Lipinski definition) is 1. The van der Waals surface area contributed by atoms with Crippen molar-refractivity contribution in [1.29, 1.82) is 0 Å². The van der Waals surface area contributed by atoms with Crippen molar-refractivity contribution in [3.05, 3.63) is 24.3 Å². The molecule has 0 saturated carbocycles. The van der Waals surface area contributed by atoms with Gasteiger partial charge in [-0.05, 0) is 37.2 Å². The average Bonchev–Trinajstić information content (AvgIpc) is 2.67. The van der Waals surface area contributed by atoms with Crippen molar-refractivity contribution < 1.29 is 13.2 Å². The molecule has 1 aliphatic rings. The predicted octanol–water partition coefficient (Wildman–Crippen LogP) is 0.924. The van der Waals surface area contributed by atoms with Crippen LogP contribution in [-0.2, 0) is 10.0 Å². The molecular formula is C13H20N2O3S. The Morgan fingerprint density at radius 1 is 1.26 bits per heavy atom. The fourth-order valence-electron chi connectivity index (χ4n) is 2.38. The number of sulfonamides is 1. The molecule has 0 aliphatic carbocycles. The van der Waals surface area contributed by atoms with Gasteiger partial charge in [-0.3, -0.25) is 0 Å². The van der Waals surface area contributed by atoms with Gasteiger partial charge in [0.15, 0.2) is 0 Å². The molecular weight excluding hydrogens is 264 g/mol. The second-order valence-electron chi connectivity index (χ2n) is 5.10. The summed E-state index contributed by atoms with van der Waals surface area (Å²) in [4.78, 5) is 2.40. The lowest BCUT2D eigenvalue weighted by Crippen LogP contribution is -2.39. The van der Waals surface area contributed by atoms with E-state index in [0.29, 0.717) is 11.7 Å². The van der Waals surface area contributed by atoms with Gasteiger partial charge in [-0.15, -0.1) is 0 Å². The Hall–Kier alpha value is -1.11. The summed E-state index contributed by atoms with van der Waals surface area (Å²) in [6.07, 6.45) is 0. The molecule has 0 unspecified atom stereocenters. The molecule has 0 radical (unpaired) electrons. The fourth-order valence-corrected chi connectivity index (χ4v) is 3.72. The zero-order valence-electron chi connectivity index (χ0n) is 11.5. The smallest absolute Gasteiger partial charge is 0.240 e. The van der Waals surface area contributed by atoms with Crippen molar-refractivity contribution >= 4 is 10.0 Å². The van der Waals surface area contributed by atoms with Gasteiger partial charge in [-0.1, -0.05) is 6.92 Å². The van der Waals surface area contributed by atoms with Crippen LogP contribution in [0.15, 0.2) is 29.2 Å². The Kier molecular flexibility index (Phi) is 4.13. The zero-order valence-corrected chi connectivity index (χ0v) is 12.3. The van der Waals surface area contributed by atoms with Crippen LogP contribution >= 0.6 is 0 Å². The van der Waals surface area contributed by atoms with Gasteiger partial charge < -0.3 is 9.64 Å². The van der Waals surface area contributed by atoms with E-state index in [2.05, 4.69) is 16.5 Å². The van der Waals surface area contributed by atoms with E-state index in [1.807, 2.05) is 7.05 Å². The Labute approximate surface area is 114 Å². The first-order valence-corrected chi connectivity index (χ1v) is 7.75. The van der Waals surface area contributed by atoms with Crippen LogP contribution in [0.1, 0.15) is 6.92 Å². The fraction of sp³-hybridized carbons (Fsp3) is 0.538. The van der Waals surface area contributed by atoms with Crippen molar-refractivity contribution in [3.63, 3.8) is 0 Å². The van der Waals surface area contributed by atoms with Gasteiger partial charge in [-0.2, -0.15) is 0 Å². The number of benzene rings is 1. The normalized spacial score (nSPS) is 24.6. The third-order valence-electron chi connectivity index (χ3n) is 3.47. The Morgan fingerprint density at radius 3 is 2.37 bits per heavy atom. The standard InChI is InChI=1S/C13H20N2O3S/c1-10-8-15(2)9-13(10)14-19(16,17)12-6-4-11(18-3)5-7-12/h4-7,10,13-14H,8-9H2,1-3H3/t10-,13+/m0/s1. The maximum Gasteiger partial charge on any atom is 0.240 e. The first kappa shape index (κ1) is 14.3. The molecule has 2 rings (SSSR count). The number of ether oxygens (including phenoxy) is 1. The zero-order chi connectivity index (χ0) is 14.0. The maximum absolute atomic E-state index is 12.3. The first-order chi connectivity index (χ1) is 8.92. The summed E-state index contributed by atoms with van der Waals surface area (Å²) in [5.74, 6) is 0.964. The number of nitrogens with zero attached hydrogens (tertiary/aromatic N) is 1. The first-order valence-electron chi connectivity index (χ1n) is 6.27. The average molecular weight is 284 g/mol. The van der Waals surface area contributed by atoms with Crippen LogP contribution in [0.2, 0.25) is 0 Å². The lowest BCUT2D eigenvalue weighted by molar-refractivity contribution is 0.400. The van der Waals surface area contributed by atoms with Crippen LogP contribution < -0.4 is 9.46 Å². The number of methoxy groups -OCH3 is 1. The lowest BCUT2D eigenvalue weighted by atomic mass is 10.1. The summed E-state index contributed by atoms with van der Waals surface area (Å²) >= 11 is 0. The molecule has 2 atom stereocenters. The molecule has 0 amide bonds. The summed E-state index contributed by atoms with van der Waals surface area (Å²) in [6.45, 7) is 3.72. The van der Waals surface area contributed by atoms with Gasteiger partial charge in [0.2, 0.25) is 10.0 Å². The molecule has 0 spiro atoms. The third-order valence-corrected chi connectivity index (χ3v) is 4.98. The topological polar surface area (TPSA) is 58.6 Å². The largest absolute Gasteiger partial charge is 0.497 e. The van der Waals surface area contributed by atoms with Crippen molar-refractivity contribution in [3.8, 4) is 5.75 Å². The molecule has 1 saturated heterocycles. The molecule has 5 nitrogen and oxygen atoms in total. The van der Waals surface area contributed by atoms with E-state index in [-0.39, 0.29) is 10.9 Å². The molecule has 1 fully saturated rings. The van der Waals surface area contributed by atoms with E-state index in [0.717, 1.165) is 13.1 Å². The molecule has 0 aromatic heterocycles. The Morgan fingerprint density at radius 2 is 1.89 bits per heavy atom. The van der Waals surface area contributed by atoms with E-state index >= 15 is 0 Å². The quantitative estimate of drug-likeness (QED) is 0.893. The van der Waals surface area contributed by atoms with Gasteiger partial charge in [0.05, 0.1) is 12.0 Å². The summed E-state index contributed by atoms with van der Waals surface area (Å²) < 4.78 is 32.3. The van der Waals surface area contributed by atoms with Crippen molar-refractivity contribution in [2.45, 2.75) is 17.9 Å². The SMILES string of the molecule is COc1ccc(S(=O)(=O)N[C@@H]2CN(C)C[C@@H]2C)cc1. The summed E-state index contributed by atoms with van der Waals surface area (Å²) in [7, 11) is 0.0943. The van der Waals surface area contributed by atoms with Gasteiger partial charge >= 0.3 is 0 Å². The van der Waals surface area contributed by atoms with E-state index in [1.165, 1.54) is 0 Å². The van der Waals surface area contributed by atoms with E-state index < -0.39 is 10.0 Å². The predicted molar refractivity (Wildman–Crippen MR) is 73.8 cm³/mol. The van der Waals surface area contributed by atoms with Gasteiger partial charge in [0.1, 0.15) is 5.75 Å². The number of nitrogens with one attached hydrogen (secondary N) is 1. The molecule has 6 heteroatoms. The molecule has 1 heterocycles. The Bertz CT molecular complexity index is 527. The highest BCUT2D eigenvalue weighted by Gasteiger charge is 2.31. The number of hydrogen-bond acceptors (Lipinski definition) is 4. The monoisotopic (exact) mass is 284 g/mol. The molecule has 1 N–H and O–H groups in total. The maximum atomic E-state index is 12.3. The number of likely N-dealkylation sites (tertiary alicyclic amines) is 1. The van der Waals surface area contributed by atoms with Crippen LogP contribution in [0.4, 0.5) is 0 Å². The summed E-state index contributed by atoms with van der Waals surface area (Å²) in [5.41, 5.74) is 0. The van der Waals surface area contributed by atoms with Gasteiger partial charge in [0.25, 0.3) is 0 Å². The number of likely N-dealkylation sites (N-methyl/N-ethyl adjacent to an activating group) is 1. The van der Waals surface area contributed by atoms with Crippen molar-refractivity contribution in [2.75, 3.05) is 27.2 Å². The summed E-state index contributed by atoms with van der Waals surface area (Å²) in [5, 5.41) is 0. The second-order valence-corrected chi connectivity index (χ2v) is 6.82. The summed E-state index contributed by atoms with van der Waals surface area (Å²) in [6, 6.07) is 6.39. The van der Waals surface area contributed by atoms with E-state index in [4.69, 9.17) is 4.74 Å². The second kappa shape index (κ2) is 5.48. The minimum Gasteiger partial charge on any atom is -0.497 e. The molecule has 106 valence electrons. The highest BCUT2D eigenvalue weighted by atomic mass is 32.2.